The van der Waals surface area contributed by atoms with E-state index in [0.29, 0.717) is 5.92 Å². The molecule has 1 aliphatic carbocycles. The number of pyridine rings is 1. The molecular formula is C15H20N4. The van der Waals surface area contributed by atoms with Crippen molar-refractivity contribution >= 4 is 0 Å². The van der Waals surface area contributed by atoms with Gasteiger partial charge in [0.2, 0.25) is 0 Å². The van der Waals surface area contributed by atoms with Crippen molar-refractivity contribution in [1.29, 1.82) is 0 Å². The highest BCUT2D eigenvalue weighted by atomic mass is 15.3. The Morgan fingerprint density at radius 2 is 2.26 bits per heavy atom. The zero-order chi connectivity index (χ0) is 13.2. The molecule has 1 N–H and O–H groups in total. The van der Waals surface area contributed by atoms with Crippen LogP contribution >= 0.6 is 0 Å². The number of aromatic nitrogens is 3. The normalized spacial score (nSPS) is 16.5. The third-order valence-electron chi connectivity index (χ3n) is 3.62. The first kappa shape index (κ1) is 12.4. The molecule has 4 heteroatoms. The zero-order valence-electron chi connectivity index (χ0n) is 11.5. The van der Waals surface area contributed by atoms with Gasteiger partial charge in [-0.25, -0.2) is 9.67 Å². The van der Waals surface area contributed by atoms with E-state index < -0.39 is 0 Å². The first-order chi connectivity index (χ1) is 9.29. The second-order valence-electron chi connectivity index (χ2n) is 5.16. The molecule has 2 aromatic rings. The van der Waals surface area contributed by atoms with Crippen LogP contribution in [0.4, 0.5) is 0 Å². The summed E-state index contributed by atoms with van der Waals surface area (Å²) in [5.41, 5.74) is 2.39. The van der Waals surface area contributed by atoms with Crippen molar-refractivity contribution in [1.82, 2.24) is 20.1 Å². The molecule has 0 aromatic carbocycles. The van der Waals surface area contributed by atoms with Crippen molar-refractivity contribution < 1.29 is 0 Å². The van der Waals surface area contributed by atoms with E-state index in [4.69, 9.17) is 0 Å². The molecule has 0 radical (unpaired) electrons. The Labute approximate surface area is 113 Å². The van der Waals surface area contributed by atoms with Crippen molar-refractivity contribution in [3.8, 4) is 5.82 Å². The summed E-state index contributed by atoms with van der Waals surface area (Å²) in [4.78, 5) is 4.51. The van der Waals surface area contributed by atoms with Gasteiger partial charge >= 0.3 is 0 Å². The van der Waals surface area contributed by atoms with Gasteiger partial charge in [-0.05, 0) is 38.4 Å². The fraction of sp³-hybridized carbons (Fsp3) is 0.467. The van der Waals surface area contributed by atoms with Crippen LogP contribution in [0.1, 0.15) is 49.9 Å². The van der Waals surface area contributed by atoms with Crippen LogP contribution in [-0.4, -0.2) is 21.3 Å². The topological polar surface area (TPSA) is 42.7 Å². The van der Waals surface area contributed by atoms with Gasteiger partial charge in [-0.1, -0.05) is 13.0 Å². The Balaban J connectivity index is 1.93. The summed E-state index contributed by atoms with van der Waals surface area (Å²) in [5, 5.41) is 8.10. The molecule has 1 fully saturated rings. The van der Waals surface area contributed by atoms with Crippen molar-refractivity contribution in [2.75, 3.05) is 6.54 Å². The van der Waals surface area contributed by atoms with E-state index in [1.54, 1.807) is 0 Å². The van der Waals surface area contributed by atoms with Crippen LogP contribution in [0.25, 0.3) is 5.82 Å². The van der Waals surface area contributed by atoms with E-state index in [-0.39, 0.29) is 6.04 Å². The van der Waals surface area contributed by atoms with E-state index in [1.165, 1.54) is 24.1 Å². The van der Waals surface area contributed by atoms with Gasteiger partial charge in [0.05, 0.1) is 5.69 Å². The number of nitrogens with one attached hydrogen (secondary N) is 1. The Morgan fingerprint density at radius 1 is 1.42 bits per heavy atom. The van der Waals surface area contributed by atoms with Gasteiger partial charge in [0.1, 0.15) is 0 Å². The zero-order valence-corrected chi connectivity index (χ0v) is 11.5. The molecule has 1 saturated carbocycles. The molecule has 1 unspecified atom stereocenters. The van der Waals surface area contributed by atoms with Crippen LogP contribution in [0.15, 0.2) is 30.6 Å². The first-order valence-electron chi connectivity index (χ1n) is 7.04. The summed E-state index contributed by atoms with van der Waals surface area (Å²) in [5.74, 6) is 1.61. The van der Waals surface area contributed by atoms with E-state index in [0.717, 1.165) is 12.4 Å². The van der Waals surface area contributed by atoms with Crippen LogP contribution < -0.4 is 5.32 Å². The summed E-state index contributed by atoms with van der Waals surface area (Å²) in [6.07, 6.45) is 6.41. The van der Waals surface area contributed by atoms with Gasteiger partial charge in [-0.3, -0.25) is 0 Å². The Bertz CT molecular complexity index is 557. The van der Waals surface area contributed by atoms with E-state index in [9.17, 15) is 0 Å². The second-order valence-corrected chi connectivity index (χ2v) is 5.16. The predicted octanol–water partition coefficient (Wildman–Crippen LogP) is 2.82. The monoisotopic (exact) mass is 256 g/mol. The average molecular weight is 256 g/mol. The number of hydrogen-bond acceptors (Lipinski definition) is 3. The lowest BCUT2D eigenvalue weighted by atomic mass is 10.1. The van der Waals surface area contributed by atoms with Gasteiger partial charge in [0, 0.05) is 29.9 Å². The maximum atomic E-state index is 4.67. The highest BCUT2D eigenvalue weighted by Gasteiger charge is 2.26. The van der Waals surface area contributed by atoms with Crippen LogP contribution in [0.3, 0.4) is 0 Å². The lowest BCUT2D eigenvalue weighted by molar-refractivity contribution is 0.589. The minimum atomic E-state index is 0.280. The minimum Gasteiger partial charge on any atom is -0.310 e. The molecule has 1 aliphatic rings. The van der Waals surface area contributed by atoms with E-state index >= 15 is 0 Å². The molecule has 2 aromatic heterocycles. The summed E-state index contributed by atoms with van der Waals surface area (Å²) in [7, 11) is 0. The minimum absolute atomic E-state index is 0.280. The number of rotatable bonds is 5. The smallest absolute Gasteiger partial charge is 0.158 e. The van der Waals surface area contributed by atoms with Gasteiger partial charge < -0.3 is 5.32 Å². The SMILES string of the molecule is CCNC(C)c1cccnc1-n1ccc(C2CC2)n1. The Morgan fingerprint density at radius 3 is 3.00 bits per heavy atom. The lowest BCUT2D eigenvalue weighted by Crippen LogP contribution is -2.20. The molecule has 0 aliphatic heterocycles. The van der Waals surface area contributed by atoms with Crippen LogP contribution in [-0.2, 0) is 0 Å². The van der Waals surface area contributed by atoms with Gasteiger partial charge in [0.15, 0.2) is 5.82 Å². The average Bonchev–Trinajstić information content (AvgIpc) is 3.17. The van der Waals surface area contributed by atoms with Gasteiger partial charge in [-0.15, -0.1) is 0 Å². The maximum absolute atomic E-state index is 4.67. The van der Waals surface area contributed by atoms with E-state index in [2.05, 4.69) is 41.4 Å². The molecule has 0 amide bonds. The fourth-order valence-electron chi connectivity index (χ4n) is 2.41. The van der Waals surface area contributed by atoms with Crippen LogP contribution in [0.5, 0.6) is 0 Å². The van der Waals surface area contributed by atoms with Gasteiger partial charge in [-0.2, -0.15) is 5.10 Å². The standard InChI is InChI=1S/C15H20N4/c1-3-16-11(2)13-5-4-9-17-15(13)19-10-8-14(18-19)12-6-7-12/h4-5,8-12,16H,3,6-7H2,1-2H3. The molecule has 4 nitrogen and oxygen atoms in total. The first-order valence-corrected chi connectivity index (χ1v) is 7.04. The van der Waals surface area contributed by atoms with Crippen molar-refractivity contribution in [2.24, 2.45) is 0 Å². The molecule has 0 bridgehead atoms. The van der Waals surface area contributed by atoms with Crippen LogP contribution in [0.2, 0.25) is 0 Å². The van der Waals surface area contributed by atoms with E-state index in [1.807, 2.05) is 23.1 Å². The Kier molecular flexibility index (Phi) is 3.34. The van der Waals surface area contributed by atoms with Crippen molar-refractivity contribution in [3.63, 3.8) is 0 Å². The summed E-state index contributed by atoms with van der Waals surface area (Å²) >= 11 is 0. The molecule has 19 heavy (non-hydrogen) atoms. The van der Waals surface area contributed by atoms with Crippen molar-refractivity contribution in [3.05, 3.63) is 41.9 Å². The molecule has 100 valence electrons. The highest BCUT2D eigenvalue weighted by Crippen LogP contribution is 2.39. The molecule has 3 rings (SSSR count). The molecule has 0 spiro atoms. The summed E-state index contributed by atoms with van der Waals surface area (Å²) < 4.78 is 1.91. The maximum Gasteiger partial charge on any atom is 0.158 e. The number of hydrogen-bond donors (Lipinski definition) is 1. The largest absolute Gasteiger partial charge is 0.310 e. The van der Waals surface area contributed by atoms with Gasteiger partial charge in [0.25, 0.3) is 0 Å². The highest BCUT2D eigenvalue weighted by molar-refractivity contribution is 5.35. The number of nitrogens with zero attached hydrogens (tertiary/aromatic N) is 3. The lowest BCUT2D eigenvalue weighted by Gasteiger charge is -2.16. The predicted molar refractivity (Wildman–Crippen MR) is 75.4 cm³/mol. The molecule has 2 heterocycles. The summed E-state index contributed by atoms with van der Waals surface area (Å²) in [6.45, 7) is 5.23. The second kappa shape index (κ2) is 5.13. The quantitative estimate of drug-likeness (QED) is 0.894. The molecule has 1 atom stereocenters. The summed E-state index contributed by atoms with van der Waals surface area (Å²) in [6, 6.07) is 6.50. The third kappa shape index (κ3) is 2.54. The molecular weight excluding hydrogens is 236 g/mol. The Hall–Kier alpha value is -1.68. The third-order valence-corrected chi connectivity index (χ3v) is 3.62. The van der Waals surface area contributed by atoms with Crippen LogP contribution in [0, 0.1) is 0 Å². The fourth-order valence-corrected chi connectivity index (χ4v) is 2.41. The molecule has 0 saturated heterocycles. The van der Waals surface area contributed by atoms with Crippen molar-refractivity contribution in [2.45, 2.75) is 38.6 Å².